The van der Waals surface area contributed by atoms with Gasteiger partial charge in [0.05, 0.1) is 0 Å². The largest absolute Gasteiger partial charge is 0.385 e. The molecule has 0 unspecified atom stereocenters. The van der Waals surface area contributed by atoms with Crippen molar-refractivity contribution in [2.75, 3.05) is 31.3 Å². The van der Waals surface area contributed by atoms with E-state index in [2.05, 4.69) is 14.7 Å². The maximum Gasteiger partial charge on any atom is 0.233 e. The molecular formula is C9H16N4OS. The Kier molecular flexibility index (Phi) is 3.06. The molecule has 0 saturated heterocycles. The zero-order chi connectivity index (χ0) is 10.7. The summed E-state index contributed by atoms with van der Waals surface area (Å²) >= 11 is 1.31. The molecule has 6 heteroatoms. The Morgan fingerprint density at radius 3 is 2.93 bits per heavy atom. The van der Waals surface area contributed by atoms with Crippen LogP contribution in [-0.2, 0) is 4.74 Å². The molecular weight excluding hydrogens is 212 g/mol. The Labute approximate surface area is 93.2 Å². The molecule has 1 aliphatic rings. The summed E-state index contributed by atoms with van der Waals surface area (Å²) in [6, 6.07) is 0. The van der Waals surface area contributed by atoms with Gasteiger partial charge in [-0.3, -0.25) is 0 Å². The van der Waals surface area contributed by atoms with Crippen molar-refractivity contribution in [3.05, 3.63) is 0 Å². The molecule has 1 saturated carbocycles. The summed E-state index contributed by atoms with van der Waals surface area (Å²) in [5.41, 5.74) is 5.87. The fraction of sp³-hybridized carbons (Fsp3) is 0.778. The molecule has 1 aromatic rings. The molecule has 5 nitrogen and oxygen atoms in total. The molecule has 0 bridgehead atoms. The molecule has 0 aliphatic heterocycles. The number of aromatic nitrogens is 2. The van der Waals surface area contributed by atoms with Gasteiger partial charge in [-0.25, -0.2) is 0 Å². The highest BCUT2D eigenvalue weighted by Gasteiger charge is 2.41. The highest BCUT2D eigenvalue weighted by Crippen LogP contribution is 2.48. The Morgan fingerprint density at radius 2 is 2.40 bits per heavy atom. The summed E-state index contributed by atoms with van der Waals surface area (Å²) in [5.74, 6) is 0.351. The van der Waals surface area contributed by atoms with E-state index in [1.165, 1.54) is 24.4 Å². The van der Waals surface area contributed by atoms with Crippen molar-refractivity contribution in [1.29, 1.82) is 0 Å². The second-order valence-corrected chi connectivity index (χ2v) is 4.81. The summed E-state index contributed by atoms with van der Waals surface area (Å²) in [7, 11) is 1.74. The van der Waals surface area contributed by atoms with Gasteiger partial charge >= 0.3 is 0 Å². The molecule has 1 heterocycles. The van der Waals surface area contributed by atoms with Crippen LogP contribution in [0.1, 0.15) is 19.3 Å². The molecule has 2 rings (SSSR count). The molecule has 1 aliphatic carbocycles. The van der Waals surface area contributed by atoms with Gasteiger partial charge in [0.2, 0.25) is 11.1 Å². The van der Waals surface area contributed by atoms with E-state index in [0.717, 1.165) is 24.7 Å². The monoisotopic (exact) mass is 228 g/mol. The van der Waals surface area contributed by atoms with Gasteiger partial charge in [-0.15, -0.1) is 0 Å². The first-order valence-corrected chi connectivity index (χ1v) is 5.83. The van der Waals surface area contributed by atoms with Crippen LogP contribution in [0.15, 0.2) is 0 Å². The minimum absolute atomic E-state index is 0.351. The van der Waals surface area contributed by atoms with E-state index in [-0.39, 0.29) is 0 Å². The number of nitrogen functional groups attached to an aromatic ring is 1. The lowest BCUT2D eigenvalue weighted by Gasteiger charge is -2.14. The molecule has 3 N–H and O–H groups in total. The van der Waals surface area contributed by atoms with Crippen LogP contribution in [0.2, 0.25) is 0 Å². The quantitative estimate of drug-likeness (QED) is 0.769. The first kappa shape index (κ1) is 10.6. The predicted molar refractivity (Wildman–Crippen MR) is 61.0 cm³/mol. The average Bonchev–Trinajstić information content (AvgIpc) is 2.89. The fourth-order valence-corrected chi connectivity index (χ4v) is 2.07. The van der Waals surface area contributed by atoms with Crippen LogP contribution in [-0.4, -0.2) is 29.6 Å². The van der Waals surface area contributed by atoms with Crippen LogP contribution in [0, 0.1) is 5.41 Å². The van der Waals surface area contributed by atoms with E-state index in [0.29, 0.717) is 11.4 Å². The number of ether oxygens (including phenoxy) is 1. The first-order valence-electron chi connectivity index (χ1n) is 5.06. The van der Waals surface area contributed by atoms with Crippen LogP contribution in [0.4, 0.5) is 11.1 Å². The van der Waals surface area contributed by atoms with E-state index < -0.39 is 0 Å². The predicted octanol–water partition coefficient (Wildman–Crippen LogP) is 1.35. The number of rotatable bonds is 6. The number of hydrogen-bond donors (Lipinski definition) is 2. The van der Waals surface area contributed by atoms with Crippen molar-refractivity contribution in [3.8, 4) is 0 Å². The van der Waals surface area contributed by atoms with Crippen LogP contribution >= 0.6 is 11.5 Å². The first-order chi connectivity index (χ1) is 7.24. The van der Waals surface area contributed by atoms with Gasteiger partial charge < -0.3 is 15.8 Å². The summed E-state index contributed by atoms with van der Waals surface area (Å²) in [4.78, 5) is 4.06. The molecule has 0 radical (unpaired) electrons. The normalized spacial score (nSPS) is 17.7. The topological polar surface area (TPSA) is 73.1 Å². The number of nitrogens with one attached hydrogen (secondary N) is 1. The molecule has 0 aromatic carbocycles. The lowest BCUT2D eigenvalue weighted by atomic mass is 10.0. The molecule has 84 valence electrons. The van der Waals surface area contributed by atoms with Crippen molar-refractivity contribution >= 4 is 22.6 Å². The standard InChI is InChI=1S/C9H16N4OS/c1-14-5-4-9(2-3-9)6-11-8-12-7(10)13-15-8/h2-6H2,1H3,(H3,10,11,12,13). The third kappa shape index (κ3) is 2.79. The van der Waals surface area contributed by atoms with Crippen molar-refractivity contribution in [1.82, 2.24) is 9.36 Å². The summed E-state index contributed by atoms with van der Waals surface area (Å²) in [6.07, 6.45) is 3.67. The Bertz CT molecular complexity index is 324. The van der Waals surface area contributed by atoms with Crippen molar-refractivity contribution in [3.63, 3.8) is 0 Å². The van der Waals surface area contributed by atoms with E-state index in [1.807, 2.05) is 0 Å². The zero-order valence-electron chi connectivity index (χ0n) is 8.82. The lowest BCUT2D eigenvalue weighted by molar-refractivity contribution is 0.175. The van der Waals surface area contributed by atoms with Gasteiger partial charge in [-0.2, -0.15) is 9.36 Å². The molecule has 0 amide bonds. The maximum atomic E-state index is 5.44. The molecule has 1 fully saturated rings. The number of methoxy groups -OCH3 is 1. The Hall–Kier alpha value is -0.880. The Balaban J connectivity index is 1.78. The third-order valence-corrected chi connectivity index (χ3v) is 3.54. The highest BCUT2D eigenvalue weighted by molar-refractivity contribution is 7.09. The van der Waals surface area contributed by atoms with Gasteiger partial charge in [0.25, 0.3) is 0 Å². The van der Waals surface area contributed by atoms with Gasteiger partial charge in [0.1, 0.15) is 0 Å². The van der Waals surface area contributed by atoms with E-state index in [9.17, 15) is 0 Å². The minimum Gasteiger partial charge on any atom is -0.385 e. The molecule has 15 heavy (non-hydrogen) atoms. The van der Waals surface area contributed by atoms with Gasteiger partial charge in [-0.05, 0) is 24.7 Å². The van der Waals surface area contributed by atoms with Crippen molar-refractivity contribution in [2.45, 2.75) is 19.3 Å². The highest BCUT2D eigenvalue weighted by atomic mass is 32.1. The Morgan fingerprint density at radius 1 is 1.60 bits per heavy atom. The lowest BCUT2D eigenvalue weighted by Crippen LogP contribution is -2.17. The van der Waals surface area contributed by atoms with Crippen LogP contribution in [0.3, 0.4) is 0 Å². The van der Waals surface area contributed by atoms with Crippen LogP contribution < -0.4 is 11.1 Å². The number of nitrogens with zero attached hydrogens (tertiary/aromatic N) is 2. The van der Waals surface area contributed by atoms with Crippen LogP contribution in [0.5, 0.6) is 0 Å². The number of nitrogens with two attached hydrogens (primary N) is 1. The SMILES string of the molecule is COCCC1(CNc2nc(N)ns2)CC1. The second-order valence-electron chi connectivity index (χ2n) is 4.05. The second kappa shape index (κ2) is 4.32. The van der Waals surface area contributed by atoms with E-state index in [1.54, 1.807) is 7.11 Å². The summed E-state index contributed by atoms with van der Waals surface area (Å²) in [5, 5.41) is 4.10. The average molecular weight is 228 g/mol. The van der Waals surface area contributed by atoms with Gasteiger partial charge in [-0.1, -0.05) is 0 Å². The van der Waals surface area contributed by atoms with Crippen molar-refractivity contribution in [2.24, 2.45) is 5.41 Å². The van der Waals surface area contributed by atoms with Crippen LogP contribution in [0.25, 0.3) is 0 Å². The van der Waals surface area contributed by atoms with Gasteiger partial charge in [0, 0.05) is 31.8 Å². The third-order valence-electron chi connectivity index (χ3n) is 2.85. The minimum atomic E-state index is 0.351. The number of hydrogen-bond acceptors (Lipinski definition) is 6. The summed E-state index contributed by atoms with van der Waals surface area (Å²) < 4.78 is 9.02. The molecule has 0 spiro atoms. The van der Waals surface area contributed by atoms with E-state index in [4.69, 9.17) is 10.5 Å². The summed E-state index contributed by atoms with van der Waals surface area (Å²) in [6.45, 7) is 1.78. The smallest absolute Gasteiger partial charge is 0.233 e. The van der Waals surface area contributed by atoms with Gasteiger partial charge in [0.15, 0.2) is 0 Å². The maximum absolute atomic E-state index is 5.44. The van der Waals surface area contributed by atoms with E-state index >= 15 is 0 Å². The molecule has 1 aromatic heterocycles. The molecule has 0 atom stereocenters. The zero-order valence-corrected chi connectivity index (χ0v) is 9.64. The van der Waals surface area contributed by atoms with Crippen molar-refractivity contribution < 1.29 is 4.74 Å². The number of anilines is 2. The fourth-order valence-electron chi connectivity index (χ4n) is 1.58.